The van der Waals surface area contributed by atoms with Crippen molar-refractivity contribution in [3.63, 3.8) is 0 Å². The van der Waals surface area contributed by atoms with Gasteiger partial charge >= 0.3 is 0 Å². The van der Waals surface area contributed by atoms with Gasteiger partial charge in [-0.05, 0) is 24.6 Å². The average Bonchev–Trinajstić information content (AvgIpc) is 3.38. The van der Waals surface area contributed by atoms with Gasteiger partial charge in [0.05, 0.1) is 17.4 Å². The fourth-order valence-corrected chi connectivity index (χ4v) is 3.92. The molecule has 0 saturated heterocycles. The topological polar surface area (TPSA) is 69.6 Å². The number of rotatable bonds is 6. The van der Waals surface area contributed by atoms with Crippen LogP contribution in [-0.2, 0) is 12.0 Å². The first kappa shape index (κ1) is 21.2. The number of nitrogens with zero attached hydrogens (tertiary/aromatic N) is 5. The third-order valence-corrected chi connectivity index (χ3v) is 5.83. The van der Waals surface area contributed by atoms with Crippen molar-refractivity contribution >= 4 is 11.8 Å². The van der Waals surface area contributed by atoms with Gasteiger partial charge in [0.2, 0.25) is 5.89 Å². The number of thioether (sulfide) groups is 1. The first-order valence-electron chi connectivity index (χ1n) is 10.1. The van der Waals surface area contributed by atoms with Gasteiger partial charge in [-0.2, -0.15) is 4.98 Å². The molecule has 0 aliphatic heterocycles. The molecule has 0 saturated carbocycles. The van der Waals surface area contributed by atoms with Crippen molar-refractivity contribution in [1.29, 1.82) is 0 Å². The van der Waals surface area contributed by atoms with Crippen LogP contribution in [0.5, 0.6) is 0 Å². The zero-order valence-electron chi connectivity index (χ0n) is 17.9. The molecule has 4 aromatic rings. The predicted octanol–water partition coefficient (Wildman–Crippen LogP) is 5.67. The molecule has 0 spiro atoms. The van der Waals surface area contributed by atoms with E-state index in [1.165, 1.54) is 17.8 Å². The number of benzene rings is 2. The highest BCUT2D eigenvalue weighted by molar-refractivity contribution is 7.99. The Morgan fingerprint density at radius 2 is 1.74 bits per heavy atom. The minimum atomic E-state index is -0.333. The number of aromatic nitrogens is 5. The molecule has 8 heteroatoms. The van der Waals surface area contributed by atoms with Crippen LogP contribution in [0.3, 0.4) is 0 Å². The molecule has 2 aromatic heterocycles. The van der Waals surface area contributed by atoms with E-state index in [1.807, 2.05) is 62.6 Å². The first-order chi connectivity index (χ1) is 14.8. The van der Waals surface area contributed by atoms with Crippen molar-refractivity contribution in [3.8, 4) is 11.4 Å². The van der Waals surface area contributed by atoms with Crippen LogP contribution in [0.25, 0.3) is 11.4 Å². The Morgan fingerprint density at radius 3 is 2.42 bits per heavy atom. The molecule has 0 aliphatic rings. The summed E-state index contributed by atoms with van der Waals surface area (Å²) >= 11 is 1.46. The zero-order chi connectivity index (χ0) is 22.0. The fraction of sp³-hybridized carbons (Fsp3) is 0.304. The van der Waals surface area contributed by atoms with E-state index in [9.17, 15) is 4.39 Å². The molecule has 0 aliphatic carbocycles. The summed E-state index contributed by atoms with van der Waals surface area (Å²) in [4.78, 5) is 4.55. The molecule has 0 N–H and O–H groups in total. The largest absolute Gasteiger partial charge is 0.338 e. The van der Waals surface area contributed by atoms with Crippen LogP contribution in [-0.4, -0.2) is 24.9 Å². The van der Waals surface area contributed by atoms with Crippen LogP contribution >= 0.6 is 11.8 Å². The molecule has 0 amide bonds. The van der Waals surface area contributed by atoms with Crippen molar-refractivity contribution in [2.24, 2.45) is 0 Å². The van der Waals surface area contributed by atoms with E-state index < -0.39 is 0 Å². The second kappa shape index (κ2) is 8.63. The van der Waals surface area contributed by atoms with Crippen molar-refractivity contribution < 1.29 is 8.91 Å². The lowest BCUT2D eigenvalue weighted by atomic mass is 9.96. The third kappa shape index (κ3) is 4.69. The van der Waals surface area contributed by atoms with Crippen LogP contribution in [0.15, 0.2) is 64.3 Å². The highest BCUT2D eigenvalue weighted by Gasteiger charge is 2.26. The van der Waals surface area contributed by atoms with Gasteiger partial charge in [-0.15, -0.1) is 10.2 Å². The van der Waals surface area contributed by atoms with Gasteiger partial charge in [-0.1, -0.05) is 80.2 Å². The maximum absolute atomic E-state index is 14.5. The SMILES string of the molecule is C[C@H](Sc1nnc(-c2ccccc2F)n1Cc1ccccc1)c1nc(C(C)(C)C)no1. The number of hydrogen-bond acceptors (Lipinski definition) is 6. The Labute approximate surface area is 184 Å². The van der Waals surface area contributed by atoms with Crippen molar-refractivity contribution in [1.82, 2.24) is 24.9 Å². The standard InChI is InChI=1S/C23H24FN5OS/c1-15(20-25-21(28-30-20)23(2,3)4)31-22-27-26-19(17-12-8-9-13-18(17)24)29(22)14-16-10-6-5-7-11-16/h5-13,15H,14H2,1-4H3/t15-/m0/s1. The van der Waals surface area contributed by atoms with Crippen molar-refractivity contribution in [2.75, 3.05) is 0 Å². The minimum absolute atomic E-state index is 0.143. The van der Waals surface area contributed by atoms with Crippen LogP contribution in [0, 0.1) is 5.82 Å². The molecule has 160 valence electrons. The molecule has 0 radical (unpaired) electrons. The fourth-order valence-electron chi connectivity index (χ4n) is 3.04. The lowest BCUT2D eigenvalue weighted by Crippen LogP contribution is -2.13. The van der Waals surface area contributed by atoms with E-state index in [1.54, 1.807) is 18.2 Å². The summed E-state index contributed by atoms with van der Waals surface area (Å²) in [6.07, 6.45) is 0. The van der Waals surface area contributed by atoms with Gasteiger partial charge in [0.15, 0.2) is 16.8 Å². The molecule has 2 aromatic carbocycles. The molecule has 4 rings (SSSR count). The number of halogens is 1. The Kier molecular flexibility index (Phi) is 5.91. The minimum Gasteiger partial charge on any atom is -0.338 e. The predicted molar refractivity (Wildman–Crippen MR) is 118 cm³/mol. The third-order valence-electron chi connectivity index (χ3n) is 4.76. The van der Waals surface area contributed by atoms with E-state index >= 15 is 0 Å². The highest BCUT2D eigenvalue weighted by atomic mass is 32.2. The van der Waals surface area contributed by atoms with Crippen LogP contribution < -0.4 is 0 Å². The molecule has 0 unspecified atom stereocenters. The van der Waals surface area contributed by atoms with E-state index in [2.05, 4.69) is 20.3 Å². The molecule has 31 heavy (non-hydrogen) atoms. The molecule has 2 heterocycles. The molecule has 1 atom stereocenters. The van der Waals surface area contributed by atoms with E-state index in [-0.39, 0.29) is 16.5 Å². The summed E-state index contributed by atoms with van der Waals surface area (Å²) in [5, 5.41) is 13.3. The summed E-state index contributed by atoms with van der Waals surface area (Å²) in [6, 6.07) is 16.6. The van der Waals surface area contributed by atoms with Crippen molar-refractivity contribution in [3.05, 3.63) is 77.7 Å². The van der Waals surface area contributed by atoms with Crippen molar-refractivity contribution in [2.45, 2.75) is 50.1 Å². The average molecular weight is 438 g/mol. The van der Waals surface area contributed by atoms with Gasteiger partial charge in [0.25, 0.3) is 0 Å². The van der Waals surface area contributed by atoms with E-state index in [0.29, 0.717) is 34.8 Å². The van der Waals surface area contributed by atoms with Gasteiger partial charge < -0.3 is 4.52 Å². The zero-order valence-corrected chi connectivity index (χ0v) is 18.7. The van der Waals surface area contributed by atoms with Gasteiger partial charge in [0, 0.05) is 5.41 Å². The second-order valence-electron chi connectivity index (χ2n) is 8.32. The summed E-state index contributed by atoms with van der Waals surface area (Å²) in [7, 11) is 0. The number of hydrogen-bond donors (Lipinski definition) is 0. The monoisotopic (exact) mass is 437 g/mol. The molecular weight excluding hydrogens is 413 g/mol. The Bertz CT molecular complexity index is 1170. The Hall–Kier alpha value is -3.00. The van der Waals surface area contributed by atoms with Crippen LogP contribution in [0.4, 0.5) is 4.39 Å². The second-order valence-corrected chi connectivity index (χ2v) is 9.63. The Balaban J connectivity index is 1.68. The Morgan fingerprint density at radius 1 is 1.03 bits per heavy atom. The lowest BCUT2D eigenvalue weighted by Gasteiger charge is -2.13. The van der Waals surface area contributed by atoms with E-state index in [4.69, 9.17) is 4.52 Å². The lowest BCUT2D eigenvalue weighted by molar-refractivity contribution is 0.364. The normalized spacial score (nSPS) is 12.8. The maximum Gasteiger partial charge on any atom is 0.239 e. The van der Waals surface area contributed by atoms with Gasteiger partial charge in [0.1, 0.15) is 5.82 Å². The summed E-state index contributed by atoms with van der Waals surface area (Å²) in [5.74, 6) is 1.34. The smallest absolute Gasteiger partial charge is 0.239 e. The summed E-state index contributed by atoms with van der Waals surface area (Å²) in [5.41, 5.74) is 1.29. The van der Waals surface area contributed by atoms with Crippen LogP contribution in [0.1, 0.15) is 50.2 Å². The van der Waals surface area contributed by atoms with E-state index in [0.717, 1.165) is 5.56 Å². The quantitative estimate of drug-likeness (QED) is 0.362. The summed E-state index contributed by atoms with van der Waals surface area (Å²) in [6.45, 7) is 8.61. The molecular formula is C23H24FN5OS. The molecule has 0 fully saturated rings. The van der Waals surface area contributed by atoms with Gasteiger partial charge in [-0.25, -0.2) is 4.39 Å². The van der Waals surface area contributed by atoms with Crippen LogP contribution in [0.2, 0.25) is 0 Å². The molecule has 0 bridgehead atoms. The summed E-state index contributed by atoms with van der Waals surface area (Å²) < 4.78 is 21.9. The first-order valence-corrected chi connectivity index (χ1v) is 10.9. The van der Waals surface area contributed by atoms with Gasteiger partial charge in [-0.3, -0.25) is 4.57 Å². The maximum atomic E-state index is 14.5. The highest BCUT2D eigenvalue weighted by Crippen LogP contribution is 2.36. The molecule has 6 nitrogen and oxygen atoms in total.